The van der Waals surface area contributed by atoms with Gasteiger partial charge in [0.25, 0.3) is 8.32 Å². The third-order valence-corrected chi connectivity index (χ3v) is 17.2. The molecule has 4 atom stereocenters. The molecule has 0 unspecified atom stereocenters. The number of halogens is 4. The van der Waals surface area contributed by atoms with Crippen LogP contribution >= 0.6 is 68.7 Å². The highest BCUT2D eigenvalue weighted by molar-refractivity contribution is 14.1. The molecule has 14 heteroatoms. The molecule has 292 valence electrons. The van der Waals surface area contributed by atoms with Gasteiger partial charge in [-0.1, -0.05) is 151 Å². The highest BCUT2D eigenvalue weighted by Crippen LogP contribution is 2.40. The number of amides is 1. The van der Waals surface area contributed by atoms with Gasteiger partial charge in [-0.15, -0.1) is 11.3 Å². The second kappa shape index (κ2) is 19.9. The normalized spacial score (nSPS) is 15.3. The van der Waals surface area contributed by atoms with E-state index in [9.17, 15) is 14.7 Å². The Bertz CT molecular complexity index is 1610. The molecule has 0 saturated heterocycles. The van der Waals surface area contributed by atoms with E-state index in [-0.39, 0.29) is 30.1 Å². The quantitative estimate of drug-likeness (QED) is 0.0602. The highest BCUT2D eigenvalue weighted by atomic mass is 127. The number of nitrogens with one attached hydrogen (secondary N) is 1. The zero-order chi connectivity index (χ0) is 39.6. The SMILES string of the molecule is C/C(=C\I)C[C@H](C)OC(=O)C[C@@H](C[C@H](C)c1csc(C[C@H](O)CO[Si](c2ccccc2)(c2ccccc2)C(C)(C)C)n1)NC(=O)OC(C)(C)C(Cl)(Cl)Cl. The Hall–Kier alpha value is -1.71. The number of benzene rings is 2. The molecule has 2 N–H and O–H groups in total. The van der Waals surface area contributed by atoms with Crippen LogP contribution in [0.5, 0.6) is 0 Å². The van der Waals surface area contributed by atoms with Crippen LogP contribution in [0.15, 0.2) is 75.7 Å². The van der Waals surface area contributed by atoms with E-state index in [1.807, 2.05) is 66.6 Å². The van der Waals surface area contributed by atoms with Crippen molar-refractivity contribution in [2.45, 2.75) is 120 Å². The van der Waals surface area contributed by atoms with Crippen molar-refractivity contribution >= 4 is 99.5 Å². The molecule has 0 fully saturated rings. The van der Waals surface area contributed by atoms with Gasteiger partial charge < -0.3 is 24.3 Å². The lowest BCUT2D eigenvalue weighted by Crippen LogP contribution is -2.67. The first-order chi connectivity index (χ1) is 24.7. The van der Waals surface area contributed by atoms with Gasteiger partial charge in [-0.25, -0.2) is 9.78 Å². The molecular formula is C39H52Cl3IN2O6SSi. The summed E-state index contributed by atoms with van der Waals surface area (Å²) in [6.45, 7) is 15.5. The minimum atomic E-state index is -2.82. The second-order valence-corrected chi connectivity index (χ2v) is 23.2. The van der Waals surface area contributed by atoms with E-state index in [0.29, 0.717) is 19.3 Å². The summed E-state index contributed by atoms with van der Waals surface area (Å²) in [4.78, 5) is 30.9. The van der Waals surface area contributed by atoms with Crippen molar-refractivity contribution in [3.8, 4) is 0 Å². The maximum atomic E-state index is 13.0. The molecule has 3 rings (SSSR count). The maximum Gasteiger partial charge on any atom is 0.408 e. The van der Waals surface area contributed by atoms with Gasteiger partial charge in [-0.2, -0.15) is 0 Å². The minimum Gasteiger partial charge on any atom is -0.462 e. The van der Waals surface area contributed by atoms with E-state index < -0.39 is 41.9 Å². The predicted molar refractivity (Wildman–Crippen MR) is 229 cm³/mol. The van der Waals surface area contributed by atoms with Gasteiger partial charge in [-0.3, -0.25) is 4.79 Å². The van der Waals surface area contributed by atoms with Crippen molar-refractivity contribution in [2.75, 3.05) is 6.61 Å². The summed E-state index contributed by atoms with van der Waals surface area (Å²) < 4.78 is 18.1. The lowest BCUT2D eigenvalue weighted by atomic mass is 9.97. The number of rotatable bonds is 17. The molecule has 0 aliphatic carbocycles. The number of aromatic nitrogens is 1. The van der Waals surface area contributed by atoms with Crippen LogP contribution < -0.4 is 15.7 Å². The van der Waals surface area contributed by atoms with E-state index >= 15 is 0 Å². The first-order valence-electron chi connectivity index (χ1n) is 17.6. The third-order valence-electron chi connectivity index (χ3n) is 8.93. The Labute approximate surface area is 348 Å². The van der Waals surface area contributed by atoms with Crippen LogP contribution in [-0.4, -0.2) is 64.7 Å². The molecule has 3 aromatic rings. The van der Waals surface area contributed by atoms with Crippen LogP contribution in [-0.2, 0) is 25.1 Å². The number of alkyl halides is 3. The van der Waals surface area contributed by atoms with Crippen molar-refractivity contribution in [1.29, 1.82) is 0 Å². The Morgan fingerprint density at radius 1 is 0.981 bits per heavy atom. The molecule has 1 heterocycles. The summed E-state index contributed by atoms with van der Waals surface area (Å²) in [6, 6.07) is 20.0. The number of esters is 1. The van der Waals surface area contributed by atoms with Crippen molar-refractivity contribution in [2.24, 2.45) is 0 Å². The molecule has 0 bridgehead atoms. The fourth-order valence-electron chi connectivity index (χ4n) is 6.13. The number of carbonyl (C=O) groups is 2. The van der Waals surface area contributed by atoms with Crippen molar-refractivity contribution < 1.29 is 28.6 Å². The van der Waals surface area contributed by atoms with Crippen LogP contribution in [0.2, 0.25) is 5.04 Å². The fraction of sp³-hybridized carbons (Fsp3) is 0.513. The fourth-order valence-corrected chi connectivity index (χ4v) is 12.1. The molecular weight excluding hydrogens is 886 g/mol. The number of carbonyl (C=O) groups excluding carboxylic acids is 2. The van der Waals surface area contributed by atoms with Crippen molar-refractivity contribution in [3.05, 3.63) is 86.4 Å². The number of hydrogen-bond acceptors (Lipinski definition) is 8. The largest absolute Gasteiger partial charge is 0.462 e. The standard InChI is InChI=1S/C39H52Cl3IN2O6SSi/c1-26(23-43)19-28(3)50-35(47)21-29(44-36(48)51-38(7,8)39(40,41)42)20-27(2)33-25-52-34(45-33)22-30(46)24-49-53(37(4,5)6,31-15-11-9-12-16-31)32-17-13-10-14-18-32/h9-18,23,25,27-30,46H,19-22,24H2,1-8H3,(H,44,48)/b26-23+/t27-,28-,29+,30-/m0/s1. The van der Waals surface area contributed by atoms with Crippen molar-refractivity contribution in [3.63, 3.8) is 0 Å². The number of nitrogens with zero attached hydrogens (tertiary/aromatic N) is 1. The molecule has 8 nitrogen and oxygen atoms in total. The average Bonchev–Trinajstić information content (AvgIpc) is 3.53. The number of aliphatic hydroxyl groups is 1. The van der Waals surface area contributed by atoms with Gasteiger partial charge >= 0.3 is 12.1 Å². The molecule has 0 spiro atoms. The van der Waals surface area contributed by atoms with Gasteiger partial charge in [0, 0.05) is 30.2 Å². The van der Waals surface area contributed by atoms with E-state index in [1.54, 1.807) is 0 Å². The number of ether oxygens (including phenoxy) is 2. The number of alkyl carbamates (subject to hydrolysis) is 1. The van der Waals surface area contributed by atoms with E-state index in [2.05, 4.69) is 72.9 Å². The number of hydrogen-bond donors (Lipinski definition) is 2. The molecule has 53 heavy (non-hydrogen) atoms. The summed E-state index contributed by atoms with van der Waals surface area (Å²) >= 11 is 21.7. The zero-order valence-corrected chi connectivity index (χ0v) is 37.9. The Morgan fingerprint density at radius 3 is 2.06 bits per heavy atom. The minimum absolute atomic E-state index is 0.0970. The Kier molecular flexibility index (Phi) is 17.2. The summed E-state index contributed by atoms with van der Waals surface area (Å²) in [5.41, 5.74) is 0.420. The molecule has 1 aromatic heterocycles. The van der Waals surface area contributed by atoms with E-state index in [0.717, 1.165) is 26.6 Å². The predicted octanol–water partition coefficient (Wildman–Crippen LogP) is 9.41. The van der Waals surface area contributed by atoms with Gasteiger partial charge in [0.15, 0.2) is 5.60 Å². The Morgan fingerprint density at radius 2 is 1.55 bits per heavy atom. The number of thiazole rings is 1. The zero-order valence-electron chi connectivity index (χ0n) is 31.6. The molecule has 2 aromatic carbocycles. The van der Waals surface area contributed by atoms with Gasteiger partial charge in [0.2, 0.25) is 3.79 Å². The van der Waals surface area contributed by atoms with Crippen molar-refractivity contribution in [1.82, 2.24) is 10.3 Å². The highest BCUT2D eigenvalue weighted by Gasteiger charge is 2.50. The molecule has 0 radical (unpaired) electrons. The van der Waals surface area contributed by atoms with Gasteiger partial charge in [-0.05, 0) is 53.6 Å². The lowest BCUT2D eigenvalue weighted by molar-refractivity contribution is -0.148. The first-order valence-corrected chi connectivity index (χ1v) is 22.7. The summed E-state index contributed by atoms with van der Waals surface area (Å²) in [5, 5.41) is 18.9. The molecule has 0 aliphatic rings. The number of aliphatic hydroxyl groups excluding tert-OH is 1. The van der Waals surface area contributed by atoms with Gasteiger partial charge in [0.1, 0.15) is 6.10 Å². The van der Waals surface area contributed by atoms with Crippen LogP contribution in [0.1, 0.15) is 91.3 Å². The first kappa shape index (κ1) is 45.7. The van der Waals surface area contributed by atoms with Crippen LogP contribution in [0.4, 0.5) is 4.79 Å². The maximum absolute atomic E-state index is 13.0. The van der Waals surface area contributed by atoms with Crippen LogP contribution in [0.25, 0.3) is 0 Å². The lowest BCUT2D eigenvalue weighted by Gasteiger charge is -2.43. The van der Waals surface area contributed by atoms with Crippen LogP contribution in [0.3, 0.4) is 0 Å². The molecule has 1 amide bonds. The molecule has 0 aliphatic heterocycles. The third kappa shape index (κ3) is 13.2. The smallest absolute Gasteiger partial charge is 0.408 e. The van der Waals surface area contributed by atoms with E-state index in [4.69, 9.17) is 53.7 Å². The second-order valence-electron chi connectivity index (χ2n) is 15.0. The topological polar surface area (TPSA) is 107 Å². The van der Waals surface area contributed by atoms with E-state index in [1.165, 1.54) is 25.2 Å². The molecule has 0 saturated carbocycles. The van der Waals surface area contributed by atoms with Gasteiger partial charge in [0.05, 0.1) is 29.8 Å². The summed E-state index contributed by atoms with van der Waals surface area (Å²) in [6.07, 6.45) is -0.799. The van der Waals surface area contributed by atoms with Crippen LogP contribution in [0, 0.1) is 0 Å². The Balaban J connectivity index is 1.74. The monoisotopic (exact) mass is 936 g/mol. The summed E-state index contributed by atoms with van der Waals surface area (Å²) in [7, 11) is -2.82. The average molecular weight is 938 g/mol. The summed E-state index contributed by atoms with van der Waals surface area (Å²) in [5.74, 6) is -0.633.